The van der Waals surface area contributed by atoms with Crippen LogP contribution in [0.15, 0.2) is 22.4 Å². The monoisotopic (exact) mass is 438 g/mol. The molecule has 1 amide bonds. The Morgan fingerprint density at radius 2 is 1.90 bits per heavy atom. The van der Waals surface area contributed by atoms with Gasteiger partial charge in [0.1, 0.15) is 21.7 Å². The van der Waals surface area contributed by atoms with E-state index in [-0.39, 0.29) is 5.91 Å². The summed E-state index contributed by atoms with van der Waals surface area (Å²) in [5, 5.41) is 2.69. The molecular weight excluding hydrogens is 412 g/mol. The van der Waals surface area contributed by atoms with Crippen molar-refractivity contribution in [3.8, 4) is 0 Å². The van der Waals surface area contributed by atoms with Crippen LogP contribution in [0.2, 0.25) is 0 Å². The molecule has 0 saturated carbocycles. The van der Waals surface area contributed by atoms with Gasteiger partial charge in [-0.3, -0.25) is 4.79 Å². The van der Waals surface area contributed by atoms with Gasteiger partial charge in [-0.2, -0.15) is 4.31 Å². The first kappa shape index (κ1) is 21.5. The van der Waals surface area contributed by atoms with Gasteiger partial charge in [0, 0.05) is 58.1 Å². The highest BCUT2D eigenvalue weighted by Crippen LogP contribution is 2.27. The second-order valence-electron chi connectivity index (χ2n) is 7.05. The van der Waals surface area contributed by atoms with E-state index in [1.54, 1.807) is 12.1 Å². The van der Waals surface area contributed by atoms with E-state index in [1.165, 1.54) is 22.6 Å². The van der Waals surface area contributed by atoms with Crippen LogP contribution < -0.4 is 15.1 Å². The van der Waals surface area contributed by atoms with E-state index >= 15 is 0 Å². The average Bonchev–Trinajstić information content (AvgIpc) is 3.16. The number of thiophene rings is 1. The summed E-state index contributed by atoms with van der Waals surface area (Å²) in [6, 6.07) is 5.28. The van der Waals surface area contributed by atoms with Gasteiger partial charge in [-0.15, -0.1) is 11.3 Å². The van der Waals surface area contributed by atoms with Gasteiger partial charge in [0.05, 0.1) is 6.54 Å². The number of aromatic nitrogens is 2. The lowest BCUT2D eigenvalue weighted by Crippen LogP contribution is -2.48. The van der Waals surface area contributed by atoms with E-state index in [0.29, 0.717) is 42.8 Å². The lowest BCUT2D eigenvalue weighted by molar-refractivity contribution is -0.119. The van der Waals surface area contributed by atoms with Gasteiger partial charge in [0.2, 0.25) is 5.91 Å². The number of anilines is 2. The van der Waals surface area contributed by atoms with Crippen LogP contribution in [0.1, 0.15) is 17.6 Å². The molecule has 2 aromatic rings. The first-order valence-electron chi connectivity index (χ1n) is 9.28. The molecule has 1 aliphatic heterocycles. The Morgan fingerprint density at radius 1 is 1.21 bits per heavy atom. The molecule has 158 valence electrons. The Hall–Kier alpha value is -2.24. The van der Waals surface area contributed by atoms with Crippen LogP contribution in [0, 0.1) is 6.92 Å². The van der Waals surface area contributed by atoms with Crippen molar-refractivity contribution in [3.05, 3.63) is 28.9 Å². The molecule has 0 bridgehead atoms. The molecule has 1 fully saturated rings. The lowest BCUT2D eigenvalue weighted by atomic mass is 10.3. The highest BCUT2D eigenvalue weighted by atomic mass is 32.2. The van der Waals surface area contributed by atoms with Crippen LogP contribution in [0.4, 0.5) is 11.6 Å². The fourth-order valence-corrected chi connectivity index (χ4v) is 5.89. The molecule has 11 heteroatoms. The van der Waals surface area contributed by atoms with Crippen LogP contribution in [0.5, 0.6) is 0 Å². The largest absolute Gasteiger partial charge is 0.363 e. The molecule has 0 atom stereocenters. The lowest BCUT2D eigenvalue weighted by Gasteiger charge is -2.34. The van der Waals surface area contributed by atoms with Crippen molar-refractivity contribution >= 4 is 38.9 Å². The molecule has 0 aromatic carbocycles. The standard InChI is InChI=1S/C18H26N6O3S2/c1-13-20-16(22(3)4)11-17(21-13)23-7-9-24(10-8-23)29(26,27)18-6-5-15(28-18)12-19-14(2)25/h5-6,11H,7-10,12H2,1-4H3,(H,19,25). The maximum Gasteiger partial charge on any atom is 0.252 e. The summed E-state index contributed by atoms with van der Waals surface area (Å²) >= 11 is 1.20. The summed E-state index contributed by atoms with van der Waals surface area (Å²) in [6.45, 7) is 5.53. The third-order valence-corrected chi connectivity index (χ3v) is 8.03. The number of sulfonamides is 1. The fraction of sp³-hybridized carbons (Fsp3) is 0.500. The number of nitrogens with one attached hydrogen (secondary N) is 1. The molecule has 2 aromatic heterocycles. The number of hydrogen-bond donors (Lipinski definition) is 1. The van der Waals surface area contributed by atoms with Crippen molar-refractivity contribution in [2.45, 2.75) is 24.6 Å². The van der Waals surface area contributed by atoms with Gasteiger partial charge in [-0.1, -0.05) is 0 Å². The molecule has 0 spiro atoms. The quantitative estimate of drug-likeness (QED) is 0.720. The van der Waals surface area contributed by atoms with Crippen LogP contribution in [0.25, 0.3) is 0 Å². The number of aryl methyl sites for hydroxylation is 1. The van der Waals surface area contributed by atoms with E-state index in [1.807, 2.05) is 32.0 Å². The molecule has 1 N–H and O–H groups in total. The van der Waals surface area contributed by atoms with Gasteiger partial charge in [-0.05, 0) is 19.1 Å². The van der Waals surface area contributed by atoms with Crippen molar-refractivity contribution in [1.29, 1.82) is 0 Å². The van der Waals surface area contributed by atoms with Crippen molar-refractivity contribution in [2.75, 3.05) is 50.1 Å². The minimum Gasteiger partial charge on any atom is -0.363 e. The zero-order valence-corrected chi connectivity index (χ0v) is 18.7. The van der Waals surface area contributed by atoms with Crippen molar-refractivity contribution in [2.24, 2.45) is 0 Å². The third kappa shape index (κ3) is 5.03. The van der Waals surface area contributed by atoms with Crippen molar-refractivity contribution in [1.82, 2.24) is 19.6 Å². The van der Waals surface area contributed by atoms with E-state index in [4.69, 9.17) is 0 Å². The van der Waals surface area contributed by atoms with Gasteiger partial charge >= 0.3 is 0 Å². The predicted octanol–water partition coefficient (Wildman–Crippen LogP) is 1.06. The van der Waals surface area contributed by atoms with Crippen LogP contribution in [-0.4, -0.2) is 68.9 Å². The van der Waals surface area contributed by atoms with E-state index in [2.05, 4.69) is 20.2 Å². The zero-order chi connectivity index (χ0) is 21.2. The molecule has 9 nitrogen and oxygen atoms in total. The maximum absolute atomic E-state index is 13.0. The number of hydrogen-bond acceptors (Lipinski definition) is 8. The van der Waals surface area contributed by atoms with E-state index in [9.17, 15) is 13.2 Å². The number of carbonyl (C=O) groups is 1. The molecular formula is C18H26N6O3S2. The molecule has 1 aliphatic rings. The molecule has 0 unspecified atom stereocenters. The summed E-state index contributed by atoms with van der Waals surface area (Å²) in [7, 11) is 0.312. The first-order chi connectivity index (χ1) is 13.7. The van der Waals surface area contributed by atoms with Gasteiger partial charge in [0.15, 0.2) is 0 Å². The summed E-state index contributed by atoms with van der Waals surface area (Å²) in [4.78, 5) is 24.8. The van der Waals surface area contributed by atoms with Crippen molar-refractivity contribution in [3.63, 3.8) is 0 Å². The highest BCUT2D eigenvalue weighted by molar-refractivity contribution is 7.91. The molecule has 3 heterocycles. The molecule has 3 rings (SSSR count). The molecule has 29 heavy (non-hydrogen) atoms. The highest BCUT2D eigenvalue weighted by Gasteiger charge is 2.30. The Kier molecular flexibility index (Phi) is 6.39. The predicted molar refractivity (Wildman–Crippen MR) is 114 cm³/mol. The zero-order valence-electron chi connectivity index (χ0n) is 17.0. The minimum atomic E-state index is -3.54. The second-order valence-corrected chi connectivity index (χ2v) is 10.4. The Bertz CT molecular complexity index is 981. The summed E-state index contributed by atoms with van der Waals surface area (Å²) in [5.74, 6) is 2.18. The summed E-state index contributed by atoms with van der Waals surface area (Å²) < 4.78 is 27.8. The normalized spacial score (nSPS) is 15.4. The van der Waals surface area contributed by atoms with Crippen LogP contribution in [0.3, 0.4) is 0 Å². The minimum absolute atomic E-state index is 0.142. The van der Waals surface area contributed by atoms with Gasteiger partial charge in [0.25, 0.3) is 10.0 Å². The average molecular weight is 439 g/mol. The summed E-state index contributed by atoms with van der Waals surface area (Å²) in [5.41, 5.74) is 0. The number of amides is 1. The smallest absolute Gasteiger partial charge is 0.252 e. The van der Waals surface area contributed by atoms with Crippen LogP contribution in [-0.2, 0) is 21.4 Å². The fourth-order valence-electron chi connectivity index (χ4n) is 3.02. The number of carbonyl (C=O) groups excluding carboxylic acids is 1. The number of nitrogens with zero attached hydrogens (tertiary/aromatic N) is 5. The number of rotatable bonds is 6. The third-order valence-electron chi connectivity index (χ3n) is 4.57. The second kappa shape index (κ2) is 8.64. The topological polar surface area (TPSA) is 98.7 Å². The number of piperazine rings is 1. The molecule has 0 radical (unpaired) electrons. The van der Waals surface area contributed by atoms with Gasteiger partial charge in [-0.25, -0.2) is 18.4 Å². The molecule has 0 aliphatic carbocycles. The van der Waals surface area contributed by atoms with E-state index < -0.39 is 10.0 Å². The maximum atomic E-state index is 13.0. The Labute approximate surface area is 175 Å². The van der Waals surface area contributed by atoms with E-state index in [0.717, 1.165) is 16.5 Å². The molecule has 1 saturated heterocycles. The summed E-state index contributed by atoms with van der Waals surface area (Å²) in [6.07, 6.45) is 0. The SMILES string of the molecule is CC(=O)NCc1ccc(S(=O)(=O)N2CCN(c3cc(N(C)C)nc(C)n3)CC2)s1. The Balaban J connectivity index is 1.68. The Morgan fingerprint density at radius 3 is 2.52 bits per heavy atom. The first-order valence-corrected chi connectivity index (χ1v) is 11.5. The van der Waals surface area contributed by atoms with Crippen LogP contribution >= 0.6 is 11.3 Å². The van der Waals surface area contributed by atoms with Gasteiger partial charge < -0.3 is 15.1 Å². The van der Waals surface area contributed by atoms with Crippen molar-refractivity contribution < 1.29 is 13.2 Å².